The molecular weight excluding hydrogens is 642 g/mol. The van der Waals surface area contributed by atoms with Gasteiger partial charge in [0.1, 0.15) is 54.7 Å². The summed E-state index contributed by atoms with van der Waals surface area (Å²) >= 11 is 5.39. The first-order valence-electron chi connectivity index (χ1n) is 13.4. The summed E-state index contributed by atoms with van der Waals surface area (Å²) in [5.74, 6) is 0.0293. The summed E-state index contributed by atoms with van der Waals surface area (Å²) in [7, 11) is -2.83. The number of ether oxygens (including phenoxy) is 1. The van der Waals surface area contributed by atoms with Crippen molar-refractivity contribution in [2.45, 2.75) is 49.2 Å². The van der Waals surface area contributed by atoms with E-state index in [2.05, 4.69) is 29.9 Å². The molecule has 3 unspecified atom stereocenters. The maximum Gasteiger partial charge on any atom is 0.697 e. The van der Waals surface area contributed by atoms with Crippen molar-refractivity contribution in [3.05, 3.63) is 25.3 Å². The standard InChI is InChI=1S/C22H24N10O9P2S/c23-17-10-19(27-4-25-17)31(6-29-10)12-8-1-22(8)3-38-43(36,44)41-15-13(33)9(2-37-42(35)40-16(22)14(12)34)39-21(15)32-7-30-11-18(24)26-5-28-20(11)32/h4-9,12-16,21,33-34H,1-3H2,(H4-,23,24,25,26,27,28,36,44)/p+1/t8-,9-,12-,13-,14+,15-,16+,21-,22?,43?/m1/s1. The van der Waals surface area contributed by atoms with Crippen LogP contribution in [0.3, 0.4) is 0 Å². The van der Waals surface area contributed by atoms with Crippen LogP contribution in [-0.4, -0.2) is 97.9 Å². The number of hydrogen-bond donors (Lipinski definition) is 5. The van der Waals surface area contributed by atoms with Crippen molar-refractivity contribution in [3.8, 4) is 0 Å². The molecule has 232 valence electrons. The van der Waals surface area contributed by atoms with Gasteiger partial charge < -0.3 is 40.4 Å². The summed E-state index contributed by atoms with van der Waals surface area (Å²) in [6, 6.07) is -0.619. The number of fused-ring (bicyclic) bond motifs is 4. The van der Waals surface area contributed by atoms with Gasteiger partial charge in [-0.05, 0) is 24.1 Å². The Balaban J connectivity index is 1.12. The van der Waals surface area contributed by atoms with Crippen LogP contribution in [0.5, 0.6) is 0 Å². The Bertz CT molecular complexity index is 1860. The van der Waals surface area contributed by atoms with Crippen molar-refractivity contribution in [2.75, 3.05) is 24.7 Å². The van der Waals surface area contributed by atoms with E-state index in [0.717, 1.165) is 0 Å². The average Bonchev–Trinajstić information content (AvgIpc) is 3.28. The second-order valence-corrected chi connectivity index (χ2v) is 14.8. The Morgan fingerprint density at radius 2 is 1.66 bits per heavy atom. The number of nitrogen functional groups attached to an aromatic ring is 2. The minimum absolute atomic E-state index is 0.126. The van der Waals surface area contributed by atoms with E-state index >= 15 is 0 Å². The summed E-state index contributed by atoms with van der Waals surface area (Å²) in [5.41, 5.74) is 12.3. The molecule has 2 saturated carbocycles. The smallest absolute Gasteiger partial charge is 0.388 e. The molecule has 8 rings (SSSR count). The highest BCUT2D eigenvalue weighted by Gasteiger charge is 2.75. The average molecular weight is 668 g/mol. The van der Waals surface area contributed by atoms with Crippen molar-refractivity contribution < 1.29 is 42.5 Å². The third-order valence-corrected chi connectivity index (χ3v) is 11.1. The molecule has 0 radical (unpaired) electrons. The Labute approximate surface area is 252 Å². The number of aromatic nitrogens is 8. The first-order chi connectivity index (χ1) is 21.1. The molecule has 2 aliphatic carbocycles. The number of imidazole rings is 2. The van der Waals surface area contributed by atoms with Crippen LogP contribution in [0, 0.1) is 11.3 Å². The maximum atomic E-state index is 13.1. The van der Waals surface area contributed by atoms with Gasteiger partial charge in [0.15, 0.2) is 35.3 Å². The zero-order valence-corrected chi connectivity index (χ0v) is 25.0. The fraction of sp³-hybridized carbons (Fsp3) is 0.545. The molecule has 4 aromatic heterocycles. The van der Waals surface area contributed by atoms with Crippen LogP contribution in [0.1, 0.15) is 18.7 Å². The fourth-order valence-corrected chi connectivity index (χ4v) is 8.96. The number of rotatable bonds is 2. The zero-order valence-electron chi connectivity index (χ0n) is 22.4. The van der Waals surface area contributed by atoms with E-state index in [1.54, 1.807) is 4.57 Å². The Hall–Kier alpha value is -2.87. The molecule has 0 amide bonds. The zero-order chi connectivity index (χ0) is 30.5. The molecule has 11 atom stereocenters. The van der Waals surface area contributed by atoms with Gasteiger partial charge in [-0.3, -0.25) is 9.09 Å². The molecule has 19 nitrogen and oxygen atoms in total. The number of nitrogens with two attached hydrogens (primary N) is 2. The van der Waals surface area contributed by atoms with E-state index in [1.807, 2.05) is 0 Å². The number of aliphatic hydroxyl groups is 2. The van der Waals surface area contributed by atoms with Crippen LogP contribution in [0.4, 0.5) is 11.6 Å². The predicted molar refractivity (Wildman–Crippen MR) is 151 cm³/mol. The predicted octanol–water partition coefficient (Wildman–Crippen LogP) is -0.298. The molecule has 4 aliphatic rings. The highest BCUT2D eigenvalue weighted by atomic mass is 32.5. The lowest BCUT2D eigenvalue weighted by atomic mass is 10.0. The third kappa shape index (κ3) is 4.29. The van der Waals surface area contributed by atoms with Gasteiger partial charge in [0, 0.05) is 9.98 Å². The Kier molecular flexibility index (Phi) is 6.54. The highest BCUT2D eigenvalue weighted by molar-refractivity contribution is 8.07. The minimum Gasteiger partial charge on any atom is -0.388 e. The summed E-state index contributed by atoms with van der Waals surface area (Å²) < 4.78 is 45.4. The fourth-order valence-electron chi connectivity index (χ4n) is 6.65. The maximum absolute atomic E-state index is 13.1. The SMILES string of the molecule is Nc1ncnc2c1ncn2[C@H]1[C@H](O)[C@@H]2O[P+](=O)OC[C@H]3O[C@@H](n4cnc5c(N)ncnc54)[C@H](OP(O)(=S)OCC24C[C@H]14)[C@@H]3O. The molecule has 1 spiro atoms. The monoisotopic (exact) mass is 667 g/mol. The van der Waals surface area contributed by atoms with Crippen molar-refractivity contribution in [3.63, 3.8) is 0 Å². The molecule has 22 heteroatoms. The quantitative estimate of drug-likeness (QED) is 0.172. The highest BCUT2D eigenvalue weighted by Crippen LogP contribution is 2.71. The second-order valence-electron chi connectivity index (χ2n) is 11.1. The van der Waals surface area contributed by atoms with Crippen LogP contribution >= 0.6 is 15.0 Å². The van der Waals surface area contributed by atoms with E-state index in [0.29, 0.717) is 17.6 Å². The van der Waals surface area contributed by atoms with Crippen LogP contribution < -0.4 is 11.5 Å². The molecule has 4 fully saturated rings. The number of hydrogen-bond acceptors (Lipinski definition) is 17. The lowest BCUT2D eigenvalue weighted by Gasteiger charge is -2.28. The van der Waals surface area contributed by atoms with Gasteiger partial charge in [-0.25, -0.2) is 29.9 Å². The molecule has 44 heavy (non-hydrogen) atoms. The van der Waals surface area contributed by atoms with Gasteiger partial charge in [-0.2, -0.15) is 0 Å². The Morgan fingerprint density at radius 1 is 1.00 bits per heavy atom. The lowest BCUT2D eigenvalue weighted by molar-refractivity contribution is -0.0558. The first kappa shape index (κ1) is 28.6. The molecule has 0 aromatic carbocycles. The number of nitrogens with zero attached hydrogens (tertiary/aromatic N) is 8. The van der Waals surface area contributed by atoms with Gasteiger partial charge in [0.2, 0.25) is 0 Å². The number of anilines is 2. The molecule has 2 saturated heterocycles. The van der Waals surface area contributed by atoms with Crippen molar-refractivity contribution >= 4 is 60.7 Å². The van der Waals surface area contributed by atoms with E-state index < -0.39 is 69.8 Å². The van der Waals surface area contributed by atoms with Gasteiger partial charge >= 0.3 is 15.0 Å². The summed E-state index contributed by atoms with van der Waals surface area (Å²) in [6.45, 7) is -4.68. The van der Waals surface area contributed by atoms with E-state index in [9.17, 15) is 19.7 Å². The normalized spacial score (nSPS) is 39.8. The van der Waals surface area contributed by atoms with E-state index in [1.165, 1.54) is 29.9 Å². The largest absolute Gasteiger partial charge is 0.697 e. The topological polar surface area (TPSA) is 263 Å². The molecule has 6 heterocycles. The van der Waals surface area contributed by atoms with Gasteiger partial charge in [-0.1, -0.05) is 0 Å². The van der Waals surface area contributed by atoms with Crippen LogP contribution in [0.2, 0.25) is 0 Å². The molecule has 7 N–H and O–H groups in total. The van der Waals surface area contributed by atoms with Crippen LogP contribution in [-0.2, 0) is 39.2 Å². The first-order valence-corrected chi connectivity index (χ1v) is 17.1. The molecule has 4 aromatic rings. The summed E-state index contributed by atoms with van der Waals surface area (Å²) in [4.78, 5) is 36.2. The minimum atomic E-state index is -4.08. The molecule has 2 aliphatic heterocycles. The van der Waals surface area contributed by atoms with Crippen molar-refractivity contribution in [1.82, 2.24) is 39.0 Å². The van der Waals surface area contributed by atoms with Gasteiger partial charge in [0.05, 0.1) is 25.3 Å². The van der Waals surface area contributed by atoms with Gasteiger partial charge in [0.25, 0.3) is 0 Å². The third-order valence-electron chi connectivity index (χ3n) is 8.79. The second kappa shape index (κ2) is 10.1. The molecule has 2 bridgehead atoms. The van der Waals surface area contributed by atoms with Gasteiger partial charge in [-0.15, -0.1) is 9.05 Å². The van der Waals surface area contributed by atoms with Crippen molar-refractivity contribution in [2.24, 2.45) is 11.3 Å². The lowest BCUT2D eigenvalue weighted by Crippen LogP contribution is -2.37. The van der Waals surface area contributed by atoms with E-state index in [-0.39, 0.29) is 35.3 Å². The number of aliphatic hydroxyl groups excluding tert-OH is 2. The van der Waals surface area contributed by atoms with Crippen LogP contribution in [0.25, 0.3) is 22.3 Å². The van der Waals surface area contributed by atoms with E-state index in [4.69, 9.17) is 46.1 Å². The molecular formula is C22H25N10O9P2S+. The van der Waals surface area contributed by atoms with Crippen molar-refractivity contribution in [1.29, 1.82) is 0 Å². The summed E-state index contributed by atoms with van der Waals surface area (Å²) in [5, 5.41) is 22.7. The summed E-state index contributed by atoms with van der Waals surface area (Å²) in [6.07, 6.45) is -1.30. The van der Waals surface area contributed by atoms with Crippen LogP contribution in [0.15, 0.2) is 25.3 Å². The Morgan fingerprint density at radius 3 is 2.36 bits per heavy atom.